The Balaban J connectivity index is 2.37. The average Bonchev–Trinajstić information content (AvgIpc) is 2.48. The van der Waals surface area contributed by atoms with Crippen molar-refractivity contribution in [2.75, 3.05) is 6.54 Å². The zero-order valence-electron chi connectivity index (χ0n) is 10.8. The summed E-state index contributed by atoms with van der Waals surface area (Å²) in [5, 5.41) is 9.04. The van der Waals surface area contributed by atoms with Gasteiger partial charge in [-0.25, -0.2) is 22.0 Å². The molecule has 0 aromatic heterocycles. The van der Waals surface area contributed by atoms with Crippen molar-refractivity contribution in [3.05, 3.63) is 34.6 Å². The highest BCUT2D eigenvalue weighted by atomic mass is 19.2. The maximum absolute atomic E-state index is 13.6. The van der Waals surface area contributed by atoms with Crippen LogP contribution in [0.1, 0.15) is 24.8 Å². The lowest BCUT2D eigenvalue weighted by Gasteiger charge is -2.33. The first-order chi connectivity index (χ1) is 9.84. The molecule has 2 rings (SSSR count). The molecule has 1 atom stereocenters. The Kier molecular flexibility index (Phi) is 4.46. The fourth-order valence-electron chi connectivity index (χ4n) is 2.45. The van der Waals surface area contributed by atoms with Crippen LogP contribution in [0, 0.1) is 29.1 Å². The van der Waals surface area contributed by atoms with Crippen LogP contribution in [-0.2, 0) is 11.3 Å². The van der Waals surface area contributed by atoms with Gasteiger partial charge in [0, 0.05) is 12.1 Å². The summed E-state index contributed by atoms with van der Waals surface area (Å²) in [4.78, 5) is 12.3. The third-order valence-corrected chi connectivity index (χ3v) is 3.56. The molecule has 1 N–H and O–H groups in total. The third kappa shape index (κ3) is 2.85. The smallest absolute Gasteiger partial charge is 0.320 e. The Hall–Kier alpha value is -1.70. The zero-order chi connectivity index (χ0) is 15.7. The fourth-order valence-corrected chi connectivity index (χ4v) is 2.45. The van der Waals surface area contributed by atoms with Crippen molar-refractivity contribution in [3.63, 3.8) is 0 Å². The lowest BCUT2D eigenvalue weighted by molar-refractivity contribution is -0.144. The molecule has 8 heteroatoms. The second-order valence-electron chi connectivity index (χ2n) is 4.87. The minimum Gasteiger partial charge on any atom is -0.480 e. The normalized spacial score (nSPS) is 19.8. The summed E-state index contributed by atoms with van der Waals surface area (Å²) in [5.74, 6) is -11.3. The van der Waals surface area contributed by atoms with Gasteiger partial charge in [-0.1, -0.05) is 6.42 Å². The van der Waals surface area contributed by atoms with Crippen LogP contribution < -0.4 is 0 Å². The number of benzene rings is 1. The number of nitrogens with zero attached hydrogens (tertiary/aromatic N) is 1. The topological polar surface area (TPSA) is 40.5 Å². The monoisotopic (exact) mass is 309 g/mol. The molecule has 0 saturated carbocycles. The van der Waals surface area contributed by atoms with Crippen LogP contribution in [-0.4, -0.2) is 28.6 Å². The molecule has 1 aliphatic rings. The molecular weight excluding hydrogens is 297 g/mol. The minimum absolute atomic E-state index is 0.219. The number of halogens is 5. The maximum atomic E-state index is 13.6. The van der Waals surface area contributed by atoms with Crippen LogP contribution in [0.15, 0.2) is 0 Å². The molecule has 1 aromatic rings. The Morgan fingerprint density at radius 1 is 1.00 bits per heavy atom. The van der Waals surface area contributed by atoms with Crippen LogP contribution in [0.2, 0.25) is 0 Å². The quantitative estimate of drug-likeness (QED) is 0.530. The number of likely N-dealkylation sites (tertiary alicyclic amines) is 1. The van der Waals surface area contributed by atoms with Crippen LogP contribution in [0.25, 0.3) is 0 Å². The van der Waals surface area contributed by atoms with Gasteiger partial charge in [-0.05, 0) is 19.4 Å². The fraction of sp³-hybridized carbons (Fsp3) is 0.462. The molecule has 1 fully saturated rings. The van der Waals surface area contributed by atoms with E-state index in [1.807, 2.05) is 0 Å². The highest BCUT2D eigenvalue weighted by Crippen LogP contribution is 2.27. The SMILES string of the molecule is O=C(O)C1CCCCN1Cc1c(F)c(F)c(F)c(F)c1F. The van der Waals surface area contributed by atoms with Gasteiger partial charge in [-0.3, -0.25) is 9.69 Å². The number of hydrogen-bond donors (Lipinski definition) is 1. The predicted octanol–water partition coefficient (Wildman–Crippen LogP) is 2.82. The van der Waals surface area contributed by atoms with Gasteiger partial charge >= 0.3 is 5.97 Å². The third-order valence-electron chi connectivity index (χ3n) is 3.56. The highest BCUT2D eigenvalue weighted by Gasteiger charge is 2.32. The molecule has 0 aliphatic carbocycles. The number of hydrogen-bond acceptors (Lipinski definition) is 2. The molecule has 3 nitrogen and oxygen atoms in total. The van der Waals surface area contributed by atoms with Crippen LogP contribution in [0.4, 0.5) is 22.0 Å². The van der Waals surface area contributed by atoms with E-state index in [9.17, 15) is 26.7 Å². The summed E-state index contributed by atoms with van der Waals surface area (Å²) in [5.41, 5.74) is -1.00. The Bertz CT molecular complexity index is 549. The number of piperidine rings is 1. The summed E-state index contributed by atoms with van der Waals surface area (Å²) in [6.45, 7) is -0.417. The van der Waals surface area contributed by atoms with Crippen molar-refractivity contribution in [1.29, 1.82) is 0 Å². The second kappa shape index (κ2) is 5.97. The lowest BCUT2D eigenvalue weighted by Crippen LogP contribution is -2.44. The molecule has 1 saturated heterocycles. The van der Waals surface area contributed by atoms with Crippen molar-refractivity contribution in [2.24, 2.45) is 0 Å². The Morgan fingerprint density at radius 2 is 1.52 bits per heavy atom. The van der Waals surface area contributed by atoms with E-state index in [1.165, 1.54) is 4.90 Å². The summed E-state index contributed by atoms with van der Waals surface area (Å²) >= 11 is 0. The summed E-state index contributed by atoms with van der Waals surface area (Å²) < 4.78 is 66.4. The van der Waals surface area contributed by atoms with Gasteiger partial charge in [0.25, 0.3) is 0 Å². The predicted molar refractivity (Wildman–Crippen MR) is 61.9 cm³/mol. The Labute approximate surface area is 117 Å². The zero-order valence-corrected chi connectivity index (χ0v) is 10.8. The molecule has 1 heterocycles. The van der Waals surface area contributed by atoms with E-state index in [0.29, 0.717) is 12.8 Å². The molecule has 0 radical (unpaired) electrons. The summed E-state index contributed by atoms with van der Waals surface area (Å²) in [7, 11) is 0. The molecule has 0 amide bonds. The Morgan fingerprint density at radius 3 is 2.05 bits per heavy atom. The number of carboxylic acid groups (broad SMARTS) is 1. The van der Waals surface area contributed by atoms with Crippen LogP contribution >= 0.6 is 0 Å². The molecule has 1 aromatic carbocycles. The van der Waals surface area contributed by atoms with E-state index >= 15 is 0 Å². The van der Waals surface area contributed by atoms with Crippen molar-refractivity contribution < 1.29 is 31.9 Å². The van der Waals surface area contributed by atoms with E-state index in [2.05, 4.69) is 0 Å². The van der Waals surface area contributed by atoms with Crippen molar-refractivity contribution in [2.45, 2.75) is 31.8 Å². The summed E-state index contributed by atoms with van der Waals surface area (Å²) in [6, 6.07) is -0.992. The molecule has 0 bridgehead atoms. The first-order valence-corrected chi connectivity index (χ1v) is 6.31. The summed E-state index contributed by atoms with van der Waals surface area (Å²) in [6.07, 6.45) is 1.49. The van der Waals surface area contributed by atoms with Crippen LogP contribution in [0.3, 0.4) is 0 Å². The van der Waals surface area contributed by atoms with Gasteiger partial charge in [0.05, 0.1) is 0 Å². The number of aliphatic carboxylic acids is 1. The molecule has 0 spiro atoms. The van der Waals surface area contributed by atoms with Gasteiger partial charge < -0.3 is 5.11 Å². The van der Waals surface area contributed by atoms with E-state index in [-0.39, 0.29) is 13.0 Å². The van der Waals surface area contributed by atoms with E-state index < -0.39 is 53.2 Å². The number of carboxylic acids is 1. The molecule has 1 unspecified atom stereocenters. The van der Waals surface area contributed by atoms with E-state index in [4.69, 9.17) is 5.11 Å². The minimum atomic E-state index is -2.22. The van der Waals surface area contributed by atoms with Gasteiger partial charge in [0.2, 0.25) is 5.82 Å². The van der Waals surface area contributed by atoms with Gasteiger partial charge in [-0.2, -0.15) is 0 Å². The second-order valence-corrected chi connectivity index (χ2v) is 4.87. The van der Waals surface area contributed by atoms with Gasteiger partial charge in [0.1, 0.15) is 6.04 Å². The largest absolute Gasteiger partial charge is 0.480 e. The first kappa shape index (κ1) is 15.7. The average molecular weight is 309 g/mol. The van der Waals surface area contributed by atoms with Gasteiger partial charge in [0.15, 0.2) is 23.3 Å². The maximum Gasteiger partial charge on any atom is 0.320 e. The standard InChI is InChI=1S/C13H12F5NO2/c14-8-6(9(15)11(17)12(18)10(8)16)5-19-4-2-1-3-7(19)13(20)21/h7H,1-5H2,(H,20,21). The number of carbonyl (C=O) groups is 1. The molecule has 116 valence electrons. The first-order valence-electron chi connectivity index (χ1n) is 6.31. The van der Waals surface area contributed by atoms with E-state index in [1.54, 1.807) is 0 Å². The van der Waals surface area contributed by atoms with Crippen molar-refractivity contribution in [1.82, 2.24) is 4.90 Å². The van der Waals surface area contributed by atoms with Crippen molar-refractivity contribution in [3.8, 4) is 0 Å². The molecule has 21 heavy (non-hydrogen) atoms. The lowest BCUT2D eigenvalue weighted by atomic mass is 10.0. The van der Waals surface area contributed by atoms with Gasteiger partial charge in [-0.15, -0.1) is 0 Å². The number of rotatable bonds is 3. The van der Waals surface area contributed by atoms with Crippen LogP contribution in [0.5, 0.6) is 0 Å². The molecular formula is C13H12F5NO2. The van der Waals surface area contributed by atoms with E-state index in [0.717, 1.165) is 0 Å². The highest BCUT2D eigenvalue weighted by molar-refractivity contribution is 5.73. The molecule has 1 aliphatic heterocycles. The van der Waals surface area contributed by atoms with Crippen molar-refractivity contribution >= 4 is 5.97 Å².